The summed E-state index contributed by atoms with van der Waals surface area (Å²) in [4.78, 5) is 29.3. The van der Waals surface area contributed by atoms with Gasteiger partial charge in [0, 0.05) is 32.3 Å². The van der Waals surface area contributed by atoms with E-state index in [4.69, 9.17) is 4.74 Å². The van der Waals surface area contributed by atoms with Crippen LogP contribution in [0.25, 0.3) is 0 Å². The average molecular weight is 363 g/mol. The molecule has 1 unspecified atom stereocenters. The Morgan fingerprint density at radius 2 is 2.27 bits per heavy atom. The number of rotatable bonds is 6. The molecular formula is C17H25N5O4. The SMILES string of the molecule is COCC1(C(=O)N2CCC(Nc3ccc([N+](=O)[O-])cn3)C2)CCNCC1. The Morgan fingerprint density at radius 3 is 2.88 bits per heavy atom. The second kappa shape index (κ2) is 7.96. The molecule has 2 aliphatic heterocycles. The van der Waals surface area contributed by atoms with Crippen LogP contribution in [0.15, 0.2) is 18.3 Å². The van der Waals surface area contributed by atoms with Crippen LogP contribution in [0, 0.1) is 15.5 Å². The molecule has 0 spiro atoms. The summed E-state index contributed by atoms with van der Waals surface area (Å²) >= 11 is 0. The second-order valence-electron chi connectivity index (χ2n) is 7.00. The molecule has 3 heterocycles. The molecule has 0 aliphatic carbocycles. The maximum absolute atomic E-state index is 13.1. The number of methoxy groups -OCH3 is 1. The lowest BCUT2D eigenvalue weighted by Gasteiger charge is -2.38. The number of nitrogens with zero attached hydrogens (tertiary/aromatic N) is 3. The van der Waals surface area contributed by atoms with Crippen LogP contribution in [0.2, 0.25) is 0 Å². The number of pyridine rings is 1. The topological polar surface area (TPSA) is 110 Å². The summed E-state index contributed by atoms with van der Waals surface area (Å²) in [5, 5.41) is 17.3. The summed E-state index contributed by atoms with van der Waals surface area (Å²) < 4.78 is 5.36. The van der Waals surface area contributed by atoms with Crippen molar-refractivity contribution in [2.75, 3.05) is 45.2 Å². The molecule has 3 rings (SSSR count). The molecular weight excluding hydrogens is 338 g/mol. The van der Waals surface area contributed by atoms with Gasteiger partial charge in [-0.25, -0.2) is 4.98 Å². The van der Waals surface area contributed by atoms with E-state index >= 15 is 0 Å². The maximum atomic E-state index is 13.1. The third-order valence-corrected chi connectivity index (χ3v) is 5.22. The van der Waals surface area contributed by atoms with Gasteiger partial charge in [0.2, 0.25) is 5.91 Å². The van der Waals surface area contributed by atoms with E-state index in [9.17, 15) is 14.9 Å². The zero-order valence-electron chi connectivity index (χ0n) is 14.9. The minimum absolute atomic E-state index is 0.0359. The molecule has 2 fully saturated rings. The standard InChI is InChI=1S/C17H25N5O4/c1-26-12-17(5-7-18-8-6-17)16(23)21-9-4-13(11-21)20-15-3-2-14(10-19-15)22(24)25/h2-3,10,13,18H,4-9,11-12H2,1H3,(H,19,20). The molecule has 1 amide bonds. The lowest BCUT2D eigenvalue weighted by molar-refractivity contribution is -0.385. The van der Waals surface area contributed by atoms with E-state index in [1.54, 1.807) is 13.2 Å². The molecule has 1 atom stereocenters. The van der Waals surface area contributed by atoms with Crippen molar-refractivity contribution < 1.29 is 14.5 Å². The first-order valence-electron chi connectivity index (χ1n) is 8.90. The highest BCUT2D eigenvalue weighted by atomic mass is 16.6. The Balaban J connectivity index is 1.60. The summed E-state index contributed by atoms with van der Waals surface area (Å²) in [6, 6.07) is 3.12. The molecule has 1 aromatic rings. The summed E-state index contributed by atoms with van der Waals surface area (Å²) in [6.07, 6.45) is 3.64. The van der Waals surface area contributed by atoms with E-state index in [0.717, 1.165) is 32.4 Å². The number of nitro groups is 1. The lowest BCUT2D eigenvalue weighted by atomic mass is 9.78. The molecule has 2 saturated heterocycles. The van der Waals surface area contributed by atoms with Gasteiger partial charge in [0.05, 0.1) is 16.9 Å². The molecule has 1 aromatic heterocycles. The second-order valence-corrected chi connectivity index (χ2v) is 7.00. The van der Waals surface area contributed by atoms with Gasteiger partial charge >= 0.3 is 0 Å². The summed E-state index contributed by atoms with van der Waals surface area (Å²) in [6.45, 7) is 3.42. The van der Waals surface area contributed by atoms with Gasteiger partial charge in [0.1, 0.15) is 12.0 Å². The van der Waals surface area contributed by atoms with E-state index in [1.807, 2.05) is 4.90 Å². The minimum atomic E-state index is -0.471. The van der Waals surface area contributed by atoms with Crippen LogP contribution in [-0.4, -0.2) is 66.7 Å². The van der Waals surface area contributed by atoms with Gasteiger partial charge in [0.15, 0.2) is 0 Å². The van der Waals surface area contributed by atoms with Crippen molar-refractivity contribution >= 4 is 17.4 Å². The molecule has 2 aliphatic rings. The number of piperidine rings is 1. The van der Waals surface area contributed by atoms with Crippen molar-refractivity contribution in [3.63, 3.8) is 0 Å². The highest BCUT2D eigenvalue weighted by Crippen LogP contribution is 2.33. The number of aromatic nitrogens is 1. The highest BCUT2D eigenvalue weighted by Gasteiger charge is 2.43. The number of carbonyl (C=O) groups is 1. The third kappa shape index (κ3) is 3.94. The number of likely N-dealkylation sites (tertiary alicyclic amines) is 1. The Labute approximate surface area is 152 Å². The van der Waals surface area contributed by atoms with Crippen molar-refractivity contribution in [2.45, 2.75) is 25.3 Å². The van der Waals surface area contributed by atoms with Crippen molar-refractivity contribution in [3.05, 3.63) is 28.4 Å². The fourth-order valence-electron chi connectivity index (χ4n) is 3.79. The number of amides is 1. The first-order valence-corrected chi connectivity index (χ1v) is 8.90. The zero-order valence-corrected chi connectivity index (χ0v) is 14.9. The lowest BCUT2D eigenvalue weighted by Crippen LogP contribution is -2.51. The van der Waals surface area contributed by atoms with E-state index in [1.165, 1.54) is 12.3 Å². The molecule has 0 aromatic carbocycles. The monoisotopic (exact) mass is 363 g/mol. The van der Waals surface area contributed by atoms with E-state index < -0.39 is 10.3 Å². The van der Waals surface area contributed by atoms with Gasteiger partial charge in [-0.2, -0.15) is 0 Å². The summed E-state index contributed by atoms with van der Waals surface area (Å²) in [5.41, 5.74) is -0.466. The molecule has 0 radical (unpaired) electrons. The normalized spacial score (nSPS) is 22.2. The van der Waals surface area contributed by atoms with Crippen LogP contribution in [0.4, 0.5) is 11.5 Å². The Morgan fingerprint density at radius 1 is 1.50 bits per heavy atom. The first-order chi connectivity index (χ1) is 12.5. The van der Waals surface area contributed by atoms with Gasteiger partial charge in [-0.3, -0.25) is 14.9 Å². The molecule has 9 nitrogen and oxygen atoms in total. The maximum Gasteiger partial charge on any atom is 0.287 e. The van der Waals surface area contributed by atoms with Gasteiger partial charge < -0.3 is 20.3 Å². The molecule has 0 saturated carbocycles. The third-order valence-electron chi connectivity index (χ3n) is 5.22. The van der Waals surface area contributed by atoms with Crippen molar-refractivity contribution in [1.82, 2.24) is 15.2 Å². The van der Waals surface area contributed by atoms with Crippen LogP contribution in [-0.2, 0) is 9.53 Å². The summed E-state index contributed by atoms with van der Waals surface area (Å²) in [5.74, 6) is 0.755. The number of ether oxygens (including phenoxy) is 1. The Bertz CT molecular complexity index is 640. The molecule has 26 heavy (non-hydrogen) atoms. The van der Waals surface area contributed by atoms with E-state index in [-0.39, 0.29) is 17.6 Å². The quantitative estimate of drug-likeness (QED) is 0.573. The number of nitrogens with one attached hydrogen (secondary N) is 2. The van der Waals surface area contributed by atoms with Crippen LogP contribution in [0.1, 0.15) is 19.3 Å². The number of hydrogen-bond donors (Lipinski definition) is 2. The molecule has 9 heteroatoms. The molecule has 0 bridgehead atoms. The van der Waals surface area contributed by atoms with Crippen molar-refractivity contribution in [2.24, 2.45) is 5.41 Å². The van der Waals surface area contributed by atoms with Gasteiger partial charge in [-0.05, 0) is 38.4 Å². The van der Waals surface area contributed by atoms with Crippen LogP contribution in [0.3, 0.4) is 0 Å². The van der Waals surface area contributed by atoms with Crippen molar-refractivity contribution in [1.29, 1.82) is 0 Å². The van der Waals surface area contributed by atoms with Crippen molar-refractivity contribution in [3.8, 4) is 0 Å². The Kier molecular flexibility index (Phi) is 5.67. The number of carbonyl (C=O) groups excluding carboxylic acids is 1. The van der Waals surface area contributed by atoms with Crippen LogP contribution < -0.4 is 10.6 Å². The number of hydrogen-bond acceptors (Lipinski definition) is 7. The predicted molar refractivity (Wildman–Crippen MR) is 95.9 cm³/mol. The Hall–Kier alpha value is -2.26. The van der Waals surface area contributed by atoms with Crippen LogP contribution >= 0.6 is 0 Å². The average Bonchev–Trinajstić information content (AvgIpc) is 3.11. The zero-order chi connectivity index (χ0) is 18.6. The molecule has 2 N–H and O–H groups in total. The van der Waals surface area contributed by atoms with E-state index in [2.05, 4.69) is 15.6 Å². The predicted octanol–water partition coefficient (Wildman–Crippen LogP) is 1.02. The van der Waals surface area contributed by atoms with Gasteiger partial charge in [0.25, 0.3) is 5.69 Å². The van der Waals surface area contributed by atoms with Gasteiger partial charge in [-0.15, -0.1) is 0 Å². The van der Waals surface area contributed by atoms with E-state index in [0.29, 0.717) is 25.5 Å². The van der Waals surface area contributed by atoms with Crippen LogP contribution in [0.5, 0.6) is 0 Å². The minimum Gasteiger partial charge on any atom is -0.384 e. The van der Waals surface area contributed by atoms with Gasteiger partial charge in [-0.1, -0.05) is 0 Å². The highest BCUT2D eigenvalue weighted by molar-refractivity contribution is 5.83. The molecule has 142 valence electrons. The first kappa shape index (κ1) is 18.5. The number of anilines is 1. The smallest absolute Gasteiger partial charge is 0.287 e. The fraction of sp³-hybridized carbons (Fsp3) is 0.647. The largest absolute Gasteiger partial charge is 0.384 e. The fourth-order valence-corrected chi connectivity index (χ4v) is 3.79. The summed E-state index contributed by atoms with van der Waals surface area (Å²) in [7, 11) is 1.64.